The maximum atomic E-state index is 9.75. The summed E-state index contributed by atoms with van der Waals surface area (Å²) >= 11 is 0. The van der Waals surface area contributed by atoms with Crippen molar-refractivity contribution in [2.45, 2.75) is 19.3 Å². The zero-order chi connectivity index (χ0) is 22.2. The van der Waals surface area contributed by atoms with Gasteiger partial charge in [-0.05, 0) is 49.2 Å². The normalized spacial score (nSPS) is 15.1. The maximum absolute atomic E-state index is 9.75. The van der Waals surface area contributed by atoms with E-state index in [4.69, 9.17) is 4.52 Å². The Balaban J connectivity index is 1.73. The topological polar surface area (TPSA) is 91.1 Å². The molecule has 1 aliphatic rings. The first-order valence-electron chi connectivity index (χ1n) is 10.6. The van der Waals surface area contributed by atoms with Crippen LogP contribution in [0, 0.1) is 18.3 Å². The number of aliphatic hydroxyl groups excluding tert-OH is 1. The van der Waals surface area contributed by atoms with Crippen LogP contribution in [0.3, 0.4) is 0 Å². The molecule has 0 saturated carbocycles. The molecule has 1 atom stereocenters. The zero-order valence-electron chi connectivity index (χ0n) is 18.0. The standard InChI is InChI=1S/C25H23N5O2/c1-16-24-22-8-5-18(20-13-27-29(2)14-20)11-23(22)30(21-6-3-17(12-26)4-7-21)15-19(9-10-31)25(24)32-28-16/h3-8,11,13-14,19,31H,9-10,15H2,1-2H3. The van der Waals surface area contributed by atoms with Crippen molar-refractivity contribution in [3.8, 4) is 28.3 Å². The van der Waals surface area contributed by atoms with Crippen molar-refractivity contribution in [2.24, 2.45) is 7.05 Å². The summed E-state index contributed by atoms with van der Waals surface area (Å²) in [5, 5.41) is 27.5. The molecule has 1 N–H and O–H groups in total. The van der Waals surface area contributed by atoms with Crippen LogP contribution >= 0.6 is 0 Å². The highest BCUT2D eigenvalue weighted by atomic mass is 16.5. The highest BCUT2D eigenvalue weighted by Gasteiger charge is 2.32. The smallest absolute Gasteiger partial charge is 0.149 e. The molecular formula is C25H23N5O2. The molecule has 0 radical (unpaired) electrons. The van der Waals surface area contributed by atoms with Crippen LogP contribution in [0.5, 0.6) is 0 Å². The van der Waals surface area contributed by atoms with Crippen molar-refractivity contribution in [3.63, 3.8) is 0 Å². The minimum atomic E-state index is -0.0268. The Morgan fingerprint density at radius 2 is 2.00 bits per heavy atom. The molecule has 3 heterocycles. The highest BCUT2D eigenvalue weighted by molar-refractivity contribution is 5.89. The van der Waals surface area contributed by atoms with Gasteiger partial charge in [0, 0.05) is 60.4 Å². The molecule has 0 spiro atoms. The molecule has 7 heteroatoms. The number of hydrogen-bond donors (Lipinski definition) is 1. The Morgan fingerprint density at radius 1 is 1.19 bits per heavy atom. The molecule has 1 aliphatic heterocycles. The highest BCUT2D eigenvalue weighted by Crippen LogP contribution is 2.46. The van der Waals surface area contributed by atoms with Crippen LogP contribution in [0.15, 0.2) is 59.4 Å². The number of aryl methyl sites for hydroxylation is 2. The van der Waals surface area contributed by atoms with Crippen molar-refractivity contribution in [1.82, 2.24) is 14.9 Å². The van der Waals surface area contributed by atoms with Crippen molar-refractivity contribution in [3.05, 3.63) is 71.9 Å². The van der Waals surface area contributed by atoms with Gasteiger partial charge in [-0.25, -0.2) is 0 Å². The van der Waals surface area contributed by atoms with Gasteiger partial charge in [-0.15, -0.1) is 0 Å². The summed E-state index contributed by atoms with van der Waals surface area (Å²) < 4.78 is 7.57. The first-order chi connectivity index (χ1) is 15.6. The van der Waals surface area contributed by atoms with E-state index in [9.17, 15) is 10.4 Å². The molecule has 0 bridgehead atoms. The van der Waals surface area contributed by atoms with Gasteiger partial charge in [0.1, 0.15) is 5.76 Å². The molecule has 0 saturated heterocycles. The Kier molecular flexibility index (Phi) is 5.00. The van der Waals surface area contributed by atoms with E-state index in [1.165, 1.54) is 0 Å². The lowest BCUT2D eigenvalue weighted by Gasteiger charge is -2.28. The van der Waals surface area contributed by atoms with E-state index < -0.39 is 0 Å². The largest absolute Gasteiger partial charge is 0.396 e. The second-order valence-corrected chi connectivity index (χ2v) is 8.12. The summed E-state index contributed by atoms with van der Waals surface area (Å²) in [6, 6.07) is 16.1. The van der Waals surface area contributed by atoms with Crippen LogP contribution in [0.25, 0.3) is 22.3 Å². The summed E-state index contributed by atoms with van der Waals surface area (Å²) in [4.78, 5) is 2.24. The molecule has 1 unspecified atom stereocenters. The molecule has 0 amide bonds. The van der Waals surface area contributed by atoms with E-state index in [0.29, 0.717) is 18.5 Å². The number of nitrogens with zero attached hydrogens (tertiary/aromatic N) is 5. The summed E-state index contributed by atoms with van der Waals surface area (Å²) in [5.41, 5.74) is 7.59. The number of aliphatic hydroxyl groups is 1. The van der Waals surface area contributed by atoms with E-state index in [2.05, 4.69) is 39.4 Å². The SMILES string of the molecule is Cc1noc2c1-c1ccc(-c3cnn(C)c3)cc1N(c1ccc(C#N)cc1)CC2CCO. The van der Waals surface area contributed by atoms with Gasteiger partial charge in [0.25, 0.3) is 0 Å². The van der Waals surface area contributed by atoms with E-state index in [1.54, 1.807) is 4.68 Å². The third-order valence-corrected chi connectivity index (χ3v) is 6.04. The fraction of sp³-hybridized carbons (Fsp3) is 0.240. The number of rotatable bonds is 4. The van der Waals surface area contributed by atoms with Crippen LogP contribution in [0.4, 0.5) is 11.4 Å². The zero-order valence-corrected chi connectivity index (χ0v) is 18.0. The Labute approximate surface area is 186 Å². The van der Waals surface area contributed by atoms with Crippen LogP contribution < -0.4 is 4.90 Å². The third-order valence-electron chi connectivity index (χ3n) is 6.04. The van der Waals surface area contributed by atoms with Gasteiger partial charge in [-0.3, -0.25) is 4.68 Å². The minimum Gasteiger partial charge on any atom is -0.396 e. The number of nitriles is 1. The Hall–Kier alpha value is -3.89. The second-order valence-electron chi connectivity index (χ2n) is 8.12. The number of benzene rings is 2. The molecule has 0 aliphatic carbocycles. The summed E-state index contributed by atoms with van der Waals surface area (Å²) in [6.45, 7) is 2.63. The number of hydrogen-bond acceptors (Lipinski definition) is 6. The molecule has 2 aromatic heterocycles. The second kappa shape index (κ2) is 7.98. The number of aromatic nitrogens is 3. The van der Waals surface area contributed by atoms with Crippen molar-refractivity contribution in [1.29, 1.82) is 5.26 Å². The quantitative estimate of drug-likeness (QED) is 0.516. The Morgan fingerprint density at radius 3 is 2.69 bits per heavy atom. The molecule has 4 aromatic rings. The van der Waals surface area contributed by atoms with Crippen molar-refractivity contribution >= 4 is 11.4 Å². The molecule has 160 valence electrons. The molecule has 5 rings (SSSR count). The van der Waals surface area contributed by atoms with Gasteiger partial charge >= 0.3 is 0 Å². The predicted octanol–water partition coefficient (Wildman–Crippen LogP) is 4.54. The molecule has 2 aromatic carbocycles. The first-order valence-corrected chi connectivity index (χ1v) is 10.6. The lowest BCUT2D eigenvalue weighted by Crippen LogP contribution is -2.23. The molecular weight excluding hydrogens is 402 g/mol. The van der Waals surface area contributed by atoms with E-state index >= 15 is 0 Å². The first kappa shape index (κ1) is 20.0. The number of fused-ring (bicyclic) bond motifs is 3. The molecule has 0 fully saturated rings. The van der Waals surface area contributed by atoms with Gasteiger partial charge in [-0.1, -0.05) is 17.3 Å². The van der Waals surface area contributed by atoms with Gasteiger partial charge in [0.2, 0.25) is 0 Å². The average molecular weight is 425 g/mol. The van der Waals surface area contributed by atoms with Gasteiger partial charge in [0.05, 0.1) is 23.5 Å². The lowest BCUT2D eigenvalue weighted by molar-refractivity contribution is 0.261. The summed E-state index contributed by atoms with van der Waals surface area (Å²) in [5.74, 6) is 0.782. The van der Waals surface area contributed by atoms with E-state index in [-0.39, 0.29) is 12.5 Å². The van der Waals surface area contributed by atoms with Crippen LogP contribution in [-0.2, 0) is 7.05 Å². The summed E-state index contributed by atoms with van der Waals surface area (Å²) in [6.07, 6.45) is 4.42. The van der Waals surface area contributed by atoms with Gasteiger partial charge in [0.15, 0.2) is 0 Å². The average Bonchev–Trinajstić information content (AvgIpc) is 3.38. The van der Waals surface area contributed by atoms with Crippen molar-refractivity contribution in [2.75, 3.05) is 18.1 Å². The third kappa shape index (κ3) is 3.35. The Bertz CT molecular complexity index is 1310. The van der Waals surface area contributed by atoms with Crippen molar-refractivity contribution < 1.29 is 9.63 Å². The summed E-state index contributed by atoms with van der Waals surface area (Å²) in [7, 11) is 1.91. The maximum Gasteiger partial charge on any atom is 0.149 e. The number of anilines is 2. The van der Waals surface area contributed by atoms with E-state index in [1.807, 2.05) is 50.6 Å². The fourth-order valence-corrected chi connectivity index (χ4v) is 4.45. The van der Waals surface area contributed by atoms with Gasteiger partial charge < -0.3 is 14.5 Å². The predicted molar refractivity (Wildman–Crippen MR) is 121 cm³/mol. The minimum absolute atomic E-state index is 0.0268. The molecule has 7 nitrogen and oxygen atoms in total. The monoisotopic (exact) mass is 425 g/mol. The van der Waals surface area contributed by atoms with Crippen LogP contribution in [-0.4, -0.2) is 33.2 Å². The fourth-order valence-electron chi connectivity index (χ4n) is 4.45. The van der Waals surface area contributed by atoms with Crippen LogP contribution in [0.2, 0.25) is 0 Å². The lowest BCUT2D eigenvalue weighted by atomic mass is 9.94. The molecule has 32 heavy (non-hydrogen) atoms. The van der Waals surface area contributed by atoms with Gasteiger partial charge in [-0.2, -0.15) is 10.4 Å². The van der Waals surface area contributed by atoms with Crippen LogP contribution in [0.1, 0.15) is 29.4 Å². The van der Waals surface area contributed by atoms with E-state index in [0.717, 1.165) is 45.1 Å².